The highest BCUT2D eigenvalue weighted by Gasteiger charge is 2.33. The number of guanidine groups is 1. The molecule has 2 rings (SSSR count). The molecule has 0 atom stereocenters. The van der Waals surface area contributed by atoms with Gasteiger partial charge in [-0.2, -0.15) is 13.2 Å². The highest BCUT2D eigenvalue weighted by Crippen LogP contribution is 2.32. The lowest BCUT2D eigenvalue weighted by Gasteiger charge is -2.15. The molecule has 0 bridgehead atoms. The van der Waals surface area contributed by atoms with Crippen LogP contribution in [0.2, 0.25) is 0 Å². The van der Waals surface area contributed by atoms with Crippen molar-refractivity contribution in [3.63, 3.8) is 0 Å². The minimum Gasteiger partial charge on any atom is -0.357 e. The van der Waals surface area contributed by atoms with Gasteiger partial charge in [0.15, 0.2) is 5.96 Å². The Labute approximate surface area is 158 Å². The predicted molar refractivity (Wildman–Crippen MR) is 96.2 cm³/mol. The van der Waals surface area contributed by atoms with Crippen LogP contribution in [0.4, 0.5) is 23.2 Å². The first-order valence-corrected chi connectivity index (χ1v) is 8.32. The quantitative estimate of drug-likeness (QED) is 0.253. The summed E-state index contributed by atoms with van der Waals surface area (Å²) in [5.41, 5.74) is -0.956. The number of rotatable bonds is 6. The number of nitro benzene ring substituents is 1. The fourth-order valence-corrected chi connectivity index (χ4v) is 2.47. The lowest BCUT2D eigenvalue weighted by Crippen LogP contribution is -2.37. The van der Waals surface area contributed by atoms with Gasteiger partial charge in [0.2, 0.25) is 0 Å². The summed E-state index contributed by atoms with van der Waals surface area (Å²) in [4.78, 5) is 14.7. The molecule has 10 heteroatoms. The Kier molecular flexibility index (Phi) is 6.91. The average Bonchev–Trinajstić information content (AvgIpc) is 2.64. The summed E-state index contributed by atoms with van der Waals surface area (Å²) in [6.07, 6.45) is -4.70. The molecule has 6 nitrogen and oxygen atoms in total. The zero-order valence-corrected chi connectivity index (χ0v) is 14.9. The molecule has 2 N–H and O–H groups in total. The third kappa shape index (κ3) is 5.66. The lowest BCUT2D eigenvalue weighted by atomic mass is 10.1. The monoisotopic (exact) mass is 398 g/mol. The van der Waals surface area contributed by atoms with Crippen LogP contribution in [0.25, 0.3) is 0 Å². The molecule has 0 radical (unpaired) electrons. The average molecular weight is 398 g/mol. The van der Waals surface area contributed by atoms with Crippen molar-refractivity contribution in [2.24, 2.45) is 4.99 Å². The van der Waals surface area contributed by atoms with Crippen LogP contribution in [0, 0.1) is 15.9 Å². The number of halogens is 4. The van der Waals surface area contributed by atoms with E-state index in [0.717, 1.165) is 12.1 Å². The molecule has 0 spiro atoms. The zero-order valence-electron chi connectivity index (χ0n) is 14.9. The minimum atomic E-state index is -4.70. The molecule has 28 heavy (non-hydrogen) atoms. The van der Waals surface area contributed by atoms with E-state index in [1.807, 2.05) is 0 Å². The molecule has 150 valence electrons. The Morgan fingerprint density at radius 2 is 1.86 bits per heavy atom. The molecule has 0 saturated heterocycles. The summed E-state index contributed by atoms with van der Waals surface area (Å²) in [6, 6.07) is 8.50. The number of para-hydroxylation sites is 1. The molecule has 0 aliphatic heterocycles. The van der Waals surface area contributed by atoms with E-state index in [0.29, 0.717) is 18.2 Å². The van der Waals surface area contributed by atoms with Crippen LogP contribution in [0.15, 0.2) is 47.5 Å². The van der Waals surface area contributed by atoms with Crippen LogP contribution in [-0.2, 0) is 19.3 Å². The molecule has 0 unspecified atom stereocenters. The van der Waals surface area contributed by atoms with Gasteiger partial charge in [0, 0.05) is 19.2 Å². The number of nitrogens with zero attached hydrogens (tertiary/aromatic N) is 2. The van der Waals surface area contributed by atoms with E-state index in [2.05, 4.69) is 15.6 Å². The van der Waals surface area contributed by atoms with Crippen LogP contribution in [-0.4, -0.2) is 17.4 Å². The molecular weight excluding hydrogens is 380 g/mol. The number of hydrogen-bond acceptors (Lipinski definition) is 3. The fraction of sp³-hybridized carbons (Fsp3) is 0.278. The predicted octanol–water partition coefficient (Wildman–Crippen LogP) is 4.01. The standard InChI is InChI=1S/C18H18F4N4O2/c1-2-23-17(25-11-13-5-3-4-6-16(13)26(27)28)24-10-12-7-8-14(19)9-15(12)18(20,21)22/h3-9H,2,10-11H2,1H3,(H2,23,24,25). The summed E-state index contributed by atoms with van der Waals surface area (Å²) >= 11 is 0. The molecule has 0 aliphatic rings. The Morgan fingerprint density at radius 1 is 1.14 bits per heavy atom. The van der Waals surface area contributed by atoms with Gasteiger partial charge in [0.1, 0.15) is 5.82 Å². The van der Waals surface area contributed by atoms with Crippen molar-refractivity contribution < 1.29 is 22.5 Å². The molecule has 0 aromatic heterocycles. The third-order valence-electron chi connectivity index (χ3n) is 3.76. The number of nitro groups is 1. The van der Waals surface area contributed by atoms with Gasteiger partial charge >= 0.3 is 6.18 Å². The Bertz CT molecular complexity index is 869. The van der Waals surface area contributed by atoms with Crippen LogP contribution < -0.4 is 10.6 Å². The third-order valence-corrected chi connectivity index (χ3v) is 3.76. The Balaban J connectivity index is 2.19. The first-order chi connectivity index (χ1) is 13.2. The molecule has 0 saturated carbocycles. The summed E-state index contributed by atoms with van der Waals surface area (Å²) in [5, 5.41) is 16.6. The highest BCUT2D eigenvalue weighted by molar-refractivity contribution is 5.79. The number of nitrogens with one attached hydrogen (secondary N) is 2. The van der Waals surface area contributed by atoms with Crippen LogP contribution in [0.5, 0.6) is 0 Å². The fourth-order valence-electron chi connectivity index (χ4n) is 2.47. The second-order valence-electron chi connectivity index (χ2n) is 5.73. The minimum absolute atomic E-state index is 0.0397. The SMILES string of the molecule is CCNC(=NCc1ccccc1[N+](=O)[O-])NCc1ccc(F)cc1C(F)(F)F. The maximum absolute atomic E-state index is 13.2. The first-order valence-electron chi connectivity index (χ1n) is 8.32. The Morgan fingerprint density at radius 3 is 2.50 bits per heavy atom. The molecule has 0 aliphatic carbocycles. The smallest absolute Gasteiger partial charge is 0.357 e. The van der Waals surface area contributed by atoms with Gasteiger partial charge < -0.3 is 10.6 Å². The van der Waals surface area contributed by atoms with Crippen LogP contribution in [0.3, 0.4) is 0 Å². The second-order valence-corrected chi connectivity index (χ2v) is 5.73. The number of benzene rings is 2. The zero-order chi connectivity index (χ0) is 20.7. The van der Waals surface area contributed by atoms with Gasteiger partial charge in [0.25, 0.3) is 5.69 Å². The second kappa shape index (κ2) is 9.16. The van der Waals surface area contributed by atoms with E-state index in [1.165, 1.54) is 12.1 Å². The molecule has 0 heterocycles. The van der Waals surface area contributed by atoms with Gasteiger partial charge in [-0.1, -0.05) is 24.3 Å². The first kappa shape index (κ1) is 21.1. The summed E-state index contributed by atoms with van der Waals surface area (Å²) in [7, 11) is 0. The van der Waals surface area contributed by atoms with Gasteiger partial charge in [-0.15, -0.1) is 0 Å². The number of aliphatic imine (C=N–C) groups is 1. The maximum atomic E-state index is 13.2. The molecular formula is C18H18F4N4O2. The van der Waals surface area contributed by atoms with Gasteiger partial charge in [-0.25, -0.2) is 9.38 Å². The summed E-state index contributed by atoms with van der Waals surface area (Å²) in [5.74, 6) is -0.800. The number of hydrogen-bond donors (Lipinski definition) is 2. The maximum Gasteiger partial charge on any atom is 0.416 e. The van der Waals surface area contributed by atoms with E-state index < -0.39 is 22.5 Å². The highest BCUT2D eigenvalue weighted by atomic mass is 19.4. The van der Waals surface area contributed by atoms with Crippen molar-refractivity contribution in [1.82, 2.24) is 10.6 Å². The van der Waals surface area contributed by atoms with Crippen molar-refractivity contribution in [3.05, 3.63) is 75.1 Å². The van der Waals surface area contributed by atoms with E-state index in [-0.39, 0.29) is 30.3 Å². The number of alkyl halides is 3. The van der Waals surface area contributed by atoms with Crippen molar-refractivity contribution in [2.45, 2.75) is 26.2 Å². The van der Waals surface area contributed by atoms with Crippen molar-refractivity contribution in [3.8, 4) is 0 Å². The largest absolute Gasteiger partial charge is 0.416 e. The van der Waals surface area contributed by atoms with Crippen molar-refractivity contribution >= 4 is 11.6 Å². The van der Waals surface area contributed by atoms with E-state index in [1.54, 1.807) is 19.1 Å². The van der Waals surface area contributed by atoms with Gasteiger partial charge in [0.05, 0.1) is 22.6 Å². The van der Waals surface area contributed by atoms with Crippen LogP contribution >= 0.6 is 0 Å². The van der Waals surface area contributed by atoms with Crippen molar-refractivity contribution in [2.75, 3.05) is 6.54 Å². The normalized spacial score (nSPS) is 12.0. The molecule has 2 aromatic rings. The topological polar surface area (TPSA) is 79.6 Å². The van der Waals surface area contributed by atoms with Gasteiger partial charge in [-0.05, 0) is 24.6 Å². The Hall–Kier alpha value is -3.17. The summed E-state index contributed by atoms with van der Waals surface area (Å²) in [6.45, 7) is 1.90. The summed E-state index contributed by atoms with van der Waals surface area (Å²) < 4.78 is 52.5. The van der Waals surface area contributed by atoms with Crippen LogP contribution in [0.1, 0.15) is 23.6 Å². The lowest BCUT2D eigenvalue weighted by molar-refractivity contribution is -0.385. The van der Waals surface area contributed by atoms with E-state index in [9.17, 15) is 27.7 Å². The van der Waals surface area contributed by atoms with Crippen molar-refractivity contribution in [1.29, 1.82) is 0 Å². The molecule has 2 aromatic carbocycles. The molecule has 0 fully saturated rings. The molecule has 0 amide bonds. The van der Waals surface area contributed by atoms with Gasteiger partial charge in [-0.3, -0.25) is 10.1 Å². The van der Waals surface area contributed by atoms with E-state index >= 15 is 0 Å². The van der Waals surface area contributed by atoms with E-state index in [4.69, 9.17) is 0 Å².